The minimum absolute atomic E-state index is 1.08. The average Bonchev–Trinajstić information content (AvgIpc) is 3.18. The summed E-state index contributed by atoms with van der Waals surface area (Å²) in [5, 5.41) is 1.66. The van der Waals surface area contributed by atoms with Crippen LogP contribution in [0.15, 0.2) is 30.3 Å². The molecule has 92 valence electrons. The van der Waals surface area contributed by atoms with Gasteiger partial charge in [-0.1, -0.05) is 54.7 Å². The summed E-state index contributed by atoms with van der Waals surface area (Å²) < 4.78 is 0. The van der Waals surface area contributed by atoms with E-state index in [-0.39, 0.29) is 0 Å². The molecule has 0 N–H and O–H groups in total. The second kappa shape index (κ2) is 4.27. The van der Waals surface area contributed by atoms with Gasteiger partial charge in [0.05, 0.1) is 8.07 Å². The maximum Gasteiger partial charge on any atom is 0.0809 e. The molecule has 0 amide bonds. The van der Waals surface area contributed by atoms with E-state index in [0.29, 0.717) is 0 Å². The lowest BCUT2D eigenvalue weighted by Crippen LogP contribution is -2.43. The van der Waals surface area contributed by atoms with Crippen molar-refractivity contribution >= 4 is 13.3 Å². The largest absolute Gasteiger partial charge is 0.0809 e. The molecule has 2 aliphatic rings. The van der Waals surface area contributed by atoms with E-state index >= 15 is 0 Å². The first-order valence-corrected chi connectivity index (χ1v) is 10.4. The van der Waals surface area contributed by atoms with E-state index in [9.17, 15) is 0 Å². The maximum atomic E-state index is 2.57. The lowest BCUT2D eigenvalue weighted by molar-refractivity contribution is 0.442. The van der Waals surface area contributed by atoms with Gasteiger partial charge in [0.2, 0.25) is 0 Å². The van der Waals surface area contributed by atoms with Crippen LogP contribution in [0.1, 0.15) is 25.7 Å². The maximum absolute atomic E-state index is 2.57. The van der Waals surface area contributed by atoms with Crippen molar-refractivity contribution in [3.8, 4) is 0 Å². The number of rotatable bonds is 5. The van der Waals surface area contributed by atoms with Crippen molar-refractivity contribution in [3.05, 3.63) is 30.3 Å². The van der Waals surface area contributed by atoms with Crippen LogP contribution >= 0.6 is 0 Å². The zero-order valence-corrected chi connectivity index (χ0v) is 12.2. The first-order valence-electron chi connectivity index (χ1n) is 7.22. The smallest absolute Gasteiger partial charge is 0.0654 e. The topological polar surface area (TPSA) is 0 Å². The fraction of sp³-hybridized carbons (Fsp3) is 0.625. The molecule has 0 atom stereocenters. The van der Waals surface area contributed by atoms with Gasteiger partial charge in [-0.3, -0.25) is 0 Å². The van der Waals surface area contributed by atoms with Crippen molar-refractivity contribution in [1.82, 2.24) is 0 Å². The van der Waals surface area contributed by atoms with E-state index in [1.807, 2.05) is 0 Å². The molecule has 1 aromatic carbocycles. The molecule has 2 fully saturated rings. The molecule has 0 spiro atoms. The van der Waals surface area contributed by atoms with Crippen LogP contribution < -0.4 is 5.19 Å². The normalized spacial score (nSPS) is 20.9. The fourth-order valence-electron chi connectivity index (χ4n) is 3.36. The summed E-state index contributed by atoms with van der Waals surface area (Å²) in [6.45, 7) is 5.14. The van der Waals surface area contributed by atoms with Gasteiger partial charge >= 0.3 is 0 Å². The first-order chi connectivity index (χ1) is 8.17. The fourth-order valence-corrected chi connectivity index (χ4v) is 6.54. The van der Waals surface area contributed by atoms with Crippen molar-refractivity contribution in [2.45, 2.75) is 44.8 Å². The summed E-state index contributed by atoms with van der Waals surface area (Å²) in [7, 11) is -1.19. The van der Waals surface area contributed by atoms with Crippen LogP contribution in [0.4, 0.5) is 0 Å². The molecule has 0 saturated heterocycles. The highest BCUT2D eigenvalue weighted by Crippen LogP contribution is 2.52. The van der Waals surface area contributed by atoms with Crippen LogP contribution in [0.5, 0.6) is 0 Å². The molecule has 0 aliphatic heterocycles. The third-order valence-corrected chi connectivity index (χ3v) is 8.14. The van der Waals surface area contributed by atoms with Crippen LogP contribution in [0.3, 0.4) is 0 Å². The summed E-state index contributed by atoms with van der Waals surface area (Å²) >= 11 is 0. The molecule has 17 heavy (non-hydrogen) atoms. The second-order valence-electron chi connectivity index (χ2n) is 6.79. The van der Waals surface area contributed by atoms with Crippen LogP contribution in [0, 0.1) is 17.8 Å². The Balaban J connectivity index is 1.73. The van der Waals surface area contributed by atoms with Crippen LogP contribution in [0.2, 0.25) is 19.1 Å². The van der Waals surface area contributed by atoms with Crippen molar-refractivity contribution in [3.63, 3.8) is 0 Å². The van der Waals surface area contributed by atoms with Crippen LogP contribution in [0.25, 0.3) is 0 Å². The van der Waals surface area contributed by atoms with E-state index in [4.69, 9.17) is 0 Å². The Hall–Kier alpha value is -0.563. The molecular formula is C16H24Si. The molecular weight excluding hydrogens is 220 g/mol. The van der Waals surface area contributed by atoms with Gasteiger partial charge in [-0.25, -0.2) is 0 Å². The predicted octanol–water partition coefficient (Wildman–Crippen LogP) is 4.04. The van der Waals surface area contributed by atoms with Crippen LogP contribution in [-0.2, 0) is 0 Å². The summed E-state index contributed by atoms with van der Waals surface area (Å²) in [5.41, 5.74) is 0. The number of hydrogen-bond donors (Lipinski definition) is 0. The highest BCUT2D eigenvalue weighted by molar-refractivity contribution is 6.89. The molecule has 2 saturated carbocycles. The molecule has 1 heteroatoms. The van der Waals surface area contributed by atoms with Gasteiger partial charge in [0.1, 0.15) is 0 Å². The van der Waals surface area contributed by atoms with Gasteiger partial charge in [-0.05, 0) is 43.4 Å². The quantitative estimate of drug-likeness (QED) is 0.686. The Bertz CT molecular complexity index is 362. The molecule has 0 nitrogen and oxygen atoms in total. The molecule has 0 bridgehead atoms. The highest BCUT2D eigenvalue weighted by Gasteiger charge is 2.44. The Morgan fingerprint density at radius 1 is 1.00 bits per heavy atom. The predicted molar refractivity (Wildman–Crippen MR) is 77.3 cm³/mol. The number of benzene rings is 1. The molecule has 2 aliphatic carbocycles. The van der Waals surface area contributed by atoms with Gasteiger partial charge in [-0.2, -0.15) is 0 Å². The molecule has 1 aromatic rings. The third kappa shape index (κ3) is 2.65. The Morgan fingerprint density at radius 3 is 2.00 bits per heavy atom. The summed E-state index contributed by atoms with van der Waals surface area (Å²) in [6, 6.07) is 12.8. The van der Waals surface area contributed by atoms with Gasteiger partial charge in [0.15, 0.2) is 0 Å². The summed E-state index contributed by atoms with van der Waals surface area (Å²) in [4.78, 5) is 0. The van der Waals surface area contributed by atoms with E-state index in [1.54, 1.807) is 5.19 Å². The molecule has 0 radical (unpaired) electrons. The van der Waals surface area contributed by atoms with Crippen molar-refractivity contribution in [1.29, 1.82) is 0 Å². The molecule has 0 unspecified atom stereocenters. The average molecular weight is 244 g/mol. The second-order valence-corrected chi connectivity index (χ2v) is 11.5. The van der Waals surface area contributed by atoms with Crippen molar-refractivity contribution < 1.29 is 0 Å². The third-order valence-electron chi connectivity index (χ3n) is 4.76. The standard InChI is InChI=1S/C16H24Si/c1-17(2,15-6-4-3-5-7-15)12-16(13-8-9-13)14-10-11-14/h3-7,13-14,16H,8-12H2,1-2H3. The Kier molecular flexibility index (Phi) is 2.90. The Labute approximate surface area is 106 Å². The van der Waals surface area contributed by atoms with E-state index in [1.165, 1.54) is 31.7 Å². The van der Waals surface area contributed by atoms with Crippen molar-refractivity contribution in [2.24, 2.45) is 17.8 Å². The van der Waals surface area contributed by atoms with E-state index < -0.39 is 8.07 Å². The lowest BCUT2D eigenvalue weighted by atomic mass is 10.0. The number of hydrogen-bond acceptors (Lipinski definition) is 0. The molecule has 0 aromatic heterocycles. The van der Waals surface area contributed by atoms with Gasteiger partial charge in [0.25, 0.3) is 0 Å². The van der Waals surface area contributed by atoms with Gasteiger partial charge < -0.3 is 0 Å². The Morgan fingerprint density at radius 2 is 1.53 bits per heavy atom. The van der Waals surface area contributed by atoms with E-state index in [0.717, 1.165) is 17.8 Å². The monoisotopic (exact) mass is 244 g/mol. The zero-order valence-electron chi connectivity index (χ0n) is 11.2. The summed E-state index contributed by atoms with van der Waals surface area (Å²) in [6.07, 6.45) is 6.11. The highest BCUT2D eigenvalue weighted by atomic mass is 28.3. The van der Waals surface area contributed by atoms with Gasteiger partial charge in [-0.15, -0.1) is 0 Å². The molecule has 3 rings (SSSR count). The summed E-state index contributed by atoms with van der Waals surface area (Å²) in [5.74, 6) is 3.30. The minimum Gasteiger partial charge on any atom is -0.0654 e. The minimum atomic E-state index is -1.19. The van der Waals surface area contributed by atoms with Gasteiger partial charge in [0, 0.05) is 0 Å². The SMILES string of the molecule is C[Si](C)(CC(C1CC1)C1CC1)c1ccccc1. The zero-order chi connectivity index (χ0) is 11.9. The molecule has 0 heterocycles. The first kappa shape index (κ1) is 11.5. The van der Waals surface area contributed by atoms with E-state index in [2.05, 4.69) is 43.4 Å². The van der Waals surface area contributed by atoms with Crippen molar-refractivity contribution in [2.75, 3.05) is 0 Å². The lowest BCUT2D eigenvalue weighted by Gasteiger charge is -2.28. The van der Waals surface area contributed by atoms with Crippen LogP contribution in [-0.4, -0.2) is 8.07 Å².